The Balaban J connectivity index is 1.83. The first kappa shape index (κ1) is 18.5. The third-order valence-corrected chi connectivity index (χ3v) is 5.55. The number of hydrogen-bond acceptors (Lipinski definition) is 3. The summed E-state index contributed by atoms with van der Waals surface area (Å²) in [7, 11) is -4.25. The fraction of sp³-hybridized carbons (Fsp3) is 0.118. The minimum atomic E-state index is -4.25. The number of rotatable bonds is 5. The van der Waals surface area contributed by atoms with Gasteiger partial charge < -0.3 is 0 Å². The van der Waals surface area contributed by atoms with Crippen LogP contribution in [0.1, 0.15) is 11.1 Å². The number of aryl methyl sites for hydroxylation is 1. The van der Waals surface area contributed by atoms with Gasteiger partial charge in [-0.2, -0.15) is 5.10 Å². The maximum atomic E-state index is 13.8. The smallest absolute Gasteiger partial charge is 0.265 e. The molecule has 0 saturated carbocycles. The molecule has 0 amide bonds. The molecule has 0 fully saturated rings. The van der Waals surface area contributed by atoms with Crippen LogP contribution in [0.5, 0.6) is 0 Å². The Morgan fingerprint density at radius 1 is 1.15 bits per heavy atom. The number of nitrogens with one attached hydrogen (secondary N) is 1. The van der Waals surface area contributed by atoms with Gasteiger partial charge in [0.05, 0.1) is 11.0 Å². The Bertz CT molecular complexity index is 1050. The maximum absolute atomic E-state index is 13.8. The fourth-order valence-corrected chi connectivity index (χ4v) is 3.93. The zero-order valence-electron chi connectivity index (χ0n) is 13.6. The van der Waals surface area contributed by atoms with E-state index >= 15 is 0 Å². The van der Waals surface area contributed by atoms with Crippen LogP contribution in [0.2, 0.25) is 0 Å². The molecule has 9 heteroatoms. The molecule has 1 aromatic heterocycles. The first-order chi connectivity index (χ1) is 12.2. The number of hydrogen-bond donors (Lipinski definition) is 1. The van der Waals surface area contributed by atoms with E-state index in [9.17, 15) is 17.2 Å². The van der Waals surface area contributed by atoms with E-state index in [-0.39, 0.29) is 5.82 Å². The SMILES string of the molecule is Cc1ccc(Cn2cc(Br)c(NS(=O)(=O)c3ccc(F)cc3F)n2)cc1. The average Bonchev–Trinajstić information content (AvgIpc) is 2.88. The lowest BCUT2D eigenvalue weighted by atomic mass is 10.1. The summed E-state index contributed by atoms with van der Waals surface area (Å²) in [6.45, 7) is 2.42. The summed E-state index contributed by atoms with van der Waals surface area (Å²) in [5, 5.41) is 4.17. The van der Waals surface area contributed by atoms with Crippen molar-refractivity contribution in [2.75, 3.05) is 4.72 Å². The third kappa shape index (κ3) is 4.10. The Kier molecular flexibility index (Phi) is 5.10. The predicted molar refractivity (Wildman–Crippen MR) is 97.4 cm³/mol. The van der Waals surface area contributed by atoms with Gasteiger partial charge in [0.15, 0.2) is 5.82 Å². The predicted octanol–water partition coefficient (Wildman–Crippen LogP) is 4.08. The van der Waals surface area contributed by atoms with Gasteiger partial charge in [0.25, 0.3) is 10.0 Å². The molecule has 0 spiro atoms. The Morgan fingerprint density at radius 3 is 2.50 bits per heavy atom. The highest BCUT2D eigenvalue weighted by molar-refractivity contribution is 9.10. The number of benzene rings is 2. The fourth-order valence-electron chi connectivity index (χ4n) is 2.30. The zero-order chi connectivity index (χ0) is 18.9. The van der Waals surface area contributed by atoms with E-state index in [2.05, 4.69) is 25.8 Å². The Morgan fingerprint density at radius 2 is 1.85 bits per heavy atom. The topological polar surface area (TPSA) is 64.0 Å². The monoisotopic (exact) mass is 441 g/mol. The summed E-state index contributed by atoms with van der Waals surface area (Å²) in [4.78, 5) is -0.654. The number of nitrogens with zero attached hydrogens (tertiary/aromatic N) is 2. The van der Waals surface area contributed by atoms with Crippen molar-refractivity contribution < 1.29 is 17.2 Å². The normalized spacial score (nSPS) is 11.5. The van der Waals surface area contributed by atoms with Crippen molar-refractivity contribution in [2.45, 2.75) is 18.4 Å². The van der Waals surface area contributed by atoms with Crippen molar-refractivity contribution in [3.8, 4) is 0 Å². The summed E-state index contributed by atoms with van der Waals surface area (Å²) < 4.78 is 55.6. The van der Waals surface area contributed by atoms with Crippen molar-refractivity contribution in [3.05, 3.63) is 75.9 Å². The summed E-state index contributed by atoms with van der Waals surface area (Å²) in [6.07, 6.45) is 1.61. The van der Waals surface area contributed by atoms with E-state index in [0.29, 0.717) is 17.1 Å². The summed E-state index contributed by atoms with van der Waals surface area (Å²) in [6, 6.07) is 10.1. The highest BCUT2D eigenvalue weighted by Gasteiger charge is 2.22. The van der Waals surface area contributed by atoms with Crippen LogP contribution in [-0.4, -0.2) is 18.2 Å². The van der Waals surface area contributed by atoms with Gasteiger partial charge in [-0.15, -0.1) is 0 Å². The molecule has 3 aromatic rings. The Labute approximate surface area is 157 Å². The van der Waals surface area contributed by atoms with Crippen LogP contribution in [0.3, 0.4) is 0 Å². The lowest BCUT2D eigenvalue weighted by molar-refractivity contribution is 0.551. The van der Waals surface area contributed by atoms with E-state index in [1.165, 1.54) is 0 Å². The second-order valence-electron chi connectivity index (χ2n) is 5.69. The summed E-state index contributed by atoms with van der Waals surface area (Å²) in [5.41, 5.74) is 2.12. The van der Waals surface area contributed by atoms with Gasteiger partial charge in [-0.1, -0.05) is 29.8 Å². The molecule has 0 radical (unpaired) electrons. The van der Waals surface area contributed by atoms with Crippen molar-refractivity contribution >= 4 is 31.8 Å². The maximum Gasteiger partial charge on any atom is 0.266 e. The lowest BCUT2D eigenvalue weighted by Gasteiger charge is -2.07. The molecule has 5 nitrogen and oxygen atoms in total. The second-order valence-corrected chi connectivity index (χ2v) is 8.19. The molecule has 3 rings (SSSR count). The standard InChI is InChI=1S/C17H14BrF2N3O2S/c1-11-2-4-12(5-3-11)9-23-10-14(18)17(21-23)22-26(24,25)16-7-6-13(19)8-15(16)20/h2-8,10H,9H2,1H3,(H,21,22). The van der Waals surface area contributed by atoms with Crippen LogP contribution in [0, 0.1) is 18.6 Å². The molecule has 136 valence electrons. The zero-order valence-corrected chi connectivity index (χ0v) is 16.0. The molecule has 1 N–H and O–H groups in total. The van der Waals surface area contributed by atoms with Crippen LogP contribution in [0.15, 0.2) is 58.0 Å². The molecule has 0 aliphatic rings. The molecule has 0 atom stereocenters. The molecule has 0 aliphatic carbocycles. The Hall–Kier alpha value is -2.26. The second kappa shape index (κ2) is 7.16. The average molecular weight is 442 g/mol. The van der Waals surface area contributed by atoms with Gasteiger partial charge in [0.2, 0.25) is 0 Å². The molecular weight excluding hydrogens is 428 g/mol. The van der Waals surface area contributed by atoms with Crippen molar-refractivity contribution in [1.29, 1.82) is 0 Å². The molecule has 0 bridgehead atoms. The van der Waals surface area contributed by atoms with E-state index in [1.54, 1.807) is 10.9 Å². The van der Waals surface area contributed by atoms with E-state index < -0.39 is 26.6 Å². The van der Waals surface area contributed by atoms with E-state index in [0.717, 1.165) is 23.3 Å². The van der Waals surface area contributed by atoms with E-state index in [1.807, 2.05) is 31.2 Å². The molecule has 0 aliphatic heterocycles. The quantitative estimate of drug-likeness (QED) is 0.648. The molecule has 0 saturated heterocycles. The first-order valence-corrected chi connectivity index (χ1v) is 9.78. The van der Waals surface area contributed by atoms with Gasteiger partial charge in [0, 0.05) is 12.3 Å². The van der Waals surface area contributed by atoms with Gasteiger partial charge in [0.1, 0.15) is 16.5 Å². The minimum absolute atomic E-state index is 0.0147. The van der Waals surface area contributed by atoms with Crippen LogP contribution in [-0.2, 0) is 16.6 Å². The van der Waals surface area contributed by atoms with Gasteiger partial charge in [-0.05, 0) is 40.5 Å². The summed E-state index contributed by atoms with van der Waals surface area (Å²) in [5.74, 6) is -2.02. The number of sulfonamides is 1. The van der Waals surface area contributed by atoms with Gasteiger partial charge >= 0.3 is 0 Å². The van der Waals surface area contributed by atoms with Crippen LogP contribution < -0.4 is 4.72 Å². The van der Waals surface area contributed by atoms with Crippen LogP contribution in [0.4, 0.5) is 14.6 Å². The molecule has 2 aromatic carbocycles. The largest absolute Gasteiger partial charge is 0.266 e. The first-order valence-electron chi connectivity index (χ1n) is 7.51. The minimum Gasteiger partial charge on any atom is -0.265 e. The number of anilines is 1. The highest BCUT2D eigenvalue weighted by Crippen LogP contribution is 2.25. The van der Waals surface area contributed by atoms with Gasteiger partial charge in [-0.25, -0.2) is 17.2 Å². The molecule has 26 heavy (non-hydrogen) atoms. The van der Waals surface area contributed by atoms with Crippen molar-refractivity contribution in [2.24, 2.45) is 0 Å². The number of halogens is 3. The van der Waals surface area contributed by atoms with Crippen LogP contribution >= 0.6 is 15.9 Å². The summed E-state index contributed by atoms with van der Waals surface area (Å²) >= 11 is 3.23. The number of aromatic nitrogens is 2. The van der Waals surface area contributed by atoms with Crippen molar-refractivity contribution in [3.63, 3.8) is 0 Å². The molecular formula is C17H14BrF2N3O2S. The molecule has 0 unspecified atom stereocenters. The van der Waals surface area contributed by atoms with Crippen LogP contribution in [0.25, 0.3) is 0 Å². The third-order valence-electron chi connectivity index (χ3n) is 3.60. The highest BCUT2D eigenvalue weighted by atomic mass is 79.9. The van der Waals surface area contributed by atoms with E-state index in [4.69, 9.17) is 0 Å². The lowest BCUT2D eigenvalue weighted by Crippen LogP contribution is -2.15. The van der Waals surface area contributed by atoms with Gasteiger partial charge in [-0.3, -0.25) is 9.40 Å². The molecule has 1 heterocycles. The van der Waals surface area contributed by atoms with Crippen molar-refractivity contribution in [1.82, 2.24) is 9.78 Å².